The Hall–Kier alpha value is -3.65. The highest BCUT2D eigenvalue weighted by atomic mass is 32.2. The van der Waals surface area contributed by atoms with Gasteiger partial charge in [0, 0.05) is 33.8 Å². The van der Waals surface area contributed by atoms with Crippen LogP contribution in [0, 0.1) is 0 Å². The summed E-state index contributed by atoms with van der Waals surface area (Å²) in [7, 11) is -3.89. The minimum atomic E-state index is -3.89. The Balaban J connectivity index is 1.40. The number of sulfonamides is 1. The second-order valence-electron chi connectivity index (χ2n) is 7.16. The van der Waals surface area contributed by atoms with E-state index in [1.807, 2.05) is 18.2 Å². The van der Waals surface area contributed by atoms with Crippen LogP contribution in [-0.4, -0.2) is 24.5 Å². The number of H-pyrrole nitrogens is 1. The average Bonchev–Trinajstić information content (AvgIpc) is 3.32. The fraction of sp³-hybridized carbons (Fsp3) is 0.0909. The normalized spacial score (nSPS) is 12.9. The molecule has 5 rings (SSSR count). The molecule has 0 bridgehead atoms. The quantitative estimate of drug-likeness (QED) is 0.444. The molecule has 1 aliphatic heterocycles. The average molecular weight is 418 g/mol. The highest BCUT2D eigenvalue weighted by Gasteiger charge is 2.26. The standard InChI is InChI=1S/C22H18N4O3S/c27-22-17-8-4-7-16-19(12-11-18(23-22)21(16)17)30(28,29)26-20-13-15(24-25-20)10-9-14-5-2-1-3-6-14/h1-8,11-13H,9-10H2,(H,23,27)(H2,24,25,26). The van der Waals surface area contributed by atoms with E-state index in [2.05, 4.69) is 32.4 Å². The van der Waals surface area contributed by atoms with Gasteiger partial charge >= 0.3 is 0 Å². The van der Waals surface area contributed by atoms with Crippen LogP contribution in [0.4, 0.5) is 11.5 Å². The summed E-state index contributed by atoms with van der Waals surface area (Å²) in [6, 6.07) is 19.9. The summed E-state index contributed by atoms with van der Waals surface area (Å²) in [4.78, 5) is 12.2. The number of hydrogen-bond donors (Lipinski definition) is 3. The number of hydrogen-bond acceptors (Lipinski definition) is 4. The van der Waals surface area contributed by atoms with Crippen LogP contribution in [0.5, 0.6) is 0 Å². The molecule has 0 aliphatic carbocycles. The van der Waals surface area contributed by atoms with Gasteiger partial charge in [-0.25, -0.2) is 8.42 Å². The summed E-state index contributed by atoms with van der Waals surface area (Å²) >= 11 is 0. The fourth-order valence-corrected chi connectivity index (χ4v) is 4.95. The number of anilines is 2. The van der Waals surface area contributed by atoms with Crippen molar-refractivity contribution >= 4 is 38.2 Å². The van der Waals surface area contributed by atoms with Crippen LogP contribution in [0.1, 0.15) is 21.6 Å². The van der Waals surface area contributed by atoms with Crippen LogP contribution in [0.15, 0.2) is 71.6 Å². The zero-order chi connectivity index (χ0) is 20.7. The van der Waals surface area contributed by atoms with Crippen molar-refractivity contribution < 1.29 is 13.2 Å². The Kier molecular flexibility index (Phi) is 4.29. The molecule has 0 atom stereocenters. The molecule has 0 radical (unpaired) electrons. The summed E-state index contributed by atoms with van der Waals surface area (Å²) in [5, 5.41) is 10.9. The van der Waals surface area contributed by atoms with E-state index in [0.29, 0.717) is 28.4 Å². The molecule has 150 valence electrons. The Morgan fingerprint density at radius 2 is 1.77 bits per heavy atom. The number of nitrogens with one attached hydrogen (secondary N) is 3. The molecule has 0 saturated heterocycles. The number of rotatable bonds is 6. The molecule has 3 aromatic carbocycles. The number of aromatic amines is 1. The van der Waals surface area contributed by atoms with E-state index in [4.69, 9.17) is 0 Å². The van der Waals surface area contributed by atoms with E-state index in [1.54, 1.807) is 30.3 Å². The third-order valence-corrected chi connectivity index (χ3v) is 6.59. The monoisotopic (exact) mass is 418 g/mol. The molecule has 0 fully saturated rings. The summed E-state index contributed by atoms with van der Waals surface area (Å²) in [5.41, 5.74) is 3.13. The number of aryl methyl sites for hydroxylation is 2. The molecule has 1 amide bonds. The summed E-state index contributed by atoms with van der Waals surface area (Å²) in [6.07, 6.45) is 1.54. The van der Waals surface area contributed by atoms with Crippen molar-refractivity contribution in [2.45, 2.75) is 17.7 Å². The van der Waals surface area contributed by atoms with Crippen molar-refractivity contribution in [1.29, 1.82) is 0 Å². The van der Waals surface area contributed by atoms with E-state index in [1.165, 1.54) is 11.6 Å². The summed E-state index contributed by atoms with van der Waals surface area (Å²) in [6.45, 7) is 0. The van der Waals surface area contributed by atoms with Gasteiger partial charge in [0.05, 0.1) is 4.90 Å². The van der Waals surface area contributed by atoms with Crippen molar-refractivity contribution in [3.8, 4) is 0 Å². The Bertz CT molecular complexity index is 1380. The van der Waals surface area contributed by atoms with Gasteiger partial charge in [0.1, 0.15) is 0 Å². The molecule has 3 N–H and O–H groups in total. The van der Waals surface area contributed by atoms with Crippen molar-refractivity contribution in [1.82, 2.24) is 10.2 Å². The van der Waals surface area contributed by atoms with Gasteiger partial charge in [-0.05, 0) is 36.6 Å². The van der Waals surface area contributed by atoms with Gasteiger partial charge in [-0.1, -0.05) is 42.5 Å². The number of carbonyl (C=O) groups is 1. The predicted octanol–water partition coefficient (Wildman–Crippen LogP) is 3.71. The molecule has 0 unspecified atom stereocenters. The largest absolute Gasteiger partial charge is 0.321 e. The van der Waals surface area contributed by atoms with Crippen molar-refractivity contribution in [2.24, 2.45) is 0 Å². The minimum Gasteiger partial charge on any atom is -0.321 e. The lowest BCUT2D eigenvalue weighted by molar-refractivity contribution is 0.103. The van der Waals surface area contributed by atoms with Gasteiger partial charge in [0.25, 0.3) is 15.9 Å². The smallest absolute Gasteiger partial charge is 0.263 e. The Morgan fingerprint density at radius 3 is 2.60 bits per heavy atom. The number of carbonyl (C=O) groups excluding carboxylic acids is 1. The first-order valence-corrected chi connectivity index (χ1v) is 11.0. The van der Waals surface area contributed by atoms with Crippen LogP contribution in [0.25, 0.3) is 10.8 Å². The van der Waals surface area contributed by atoms with Gasteiger partial charge in [-0.15, -0.1) is 0 Å². The van der Waals surface area contributed by atoms with Gasteiger partial charge < -0.3 is 5.32 Å². The SMILES string of the molecule is O=C1Nc2ccc(S(=O)(=O)Nc3cc(CCc4ccccc4)[nH]n3)c3cccc1c23. The Morgan fingerprint density at radius 1 is 0.933 bits per heavy atom. The highest BCUT2D eigenvalue weighted by Crippen LogP contribution is 2.36. The van der Waals surface area contributed by atoms with Crippen LogP contribution >= 0.6 is 0 Å². The van der Waals surface area contributed by atoms with Crippen LogP contribution in [0.3, 0.4) is 0 Å². The lowest BCUT2D eigenvalue weighted by atomic mass is 10.1. The molecule has 8 heteroatoms. The van der Waals surface area contributed by atoms with E-state index < -0.39 is 10.0 Å². The van der Waals surface area contributed by atoms with E-state index in [-0.39, 0.29) is 16.6 Å². The Labute approximate surface area is 173 Å². The number of nitrogens with zero attached hydrogens (tertiary/aromatic N) is 1. The maximum Gasteiger partial charge on any atom is 0.263 e. The minimum absolute atomic E-state index is 0.105. The van der Waals surface area contributed by atoms with Crippen molar-refractivity contribution in [2.75, 3.05) is 10.0 Å². The summed E-state index contributed by atoms with van der Waals surface area (Å²) in [5.74, 6) is 0.00369. The third kappa shape index (κ3) is 3.21. The molecule has 0 saturated carbocycles. The van der Waals surface area contributed by atoms with E-state index in [0.717, 1.165) is 12.1 Å². The predicted molar refractivity (Wildman–Crippen MR) is 115 cm³/mol. The second-order valence-corrected chi connectivity index (χ2v) is 8.81. The fourth-order valence-electron chi connectivity index (χ4n) is 3.76. The second kappa shape index (κ2) is 7.00. The molecule has 4 aromatic rings. The number of aromatic nitrogens is 2. The molecule has 7 nitrogen and oxygen atoms in total. The zero-order valence-electron chi connectivity index (χ0n) is 15.8. The molecular formula is C22H18N4O3S. The molecule has 0 spiro atoms. The van der Waals surface area contributed by atoms with Crippen molar-refractivity contribution in [3.63, 3.8) is 0 Å². The highest BCUT2D eigenvalue weighted by molar-refractivity contribution is 7.93. The molecule has 1 aromatic heterocycles. The van der Waals surface area contributed by atoms with Gasteiger partial charge in [-0.3, -0.25) is 14.6 Å². The van der Waals surface area contributed by atoms with Gasteiger partial charge in [0.2, 0.25) is 0 Å². The first kappa shape index (κ1) is 18.4. The first-order valence-electron chi connectivity index (χ1n) is 9.49. The molecule has 1 aliphatic rings. The van der Waals surface area contributed by atoms with Crippen LogP contribution < -0.4 is 10.0 Å². The lowest BCUT2D eigenvalue weighted by Crippen LogP contribution is -2.13. The molecule has 2 heterocycles. The maximum atomic E-state index is 13.1. The molecule has 30 heavy (non-hydrogen) atoms. The van der Waals surface area contributed by atoms with Crippen LogP contribution in [0.2, 0.25) is 0 Å². The molecular weight excluding hydrogens is 400 g/mol. The van der Waals surface area contributed by atoms with Gasteiger partial charge in [-0.2, -0.15) is 5.10 Å². The zero-order valence-corrected chi connectivity index (χ0v) is 16.7. The first-order chi connectivity index (χ1) is 14.5. The maximum absolute atomic E-state index is 13.1. The van der Waals surface area contributed by atoms with E-state index >= 15 is 0 Å². The number of benzene rings is 3. The van der Waals surface area contributed by atoms with Gasteiger partial charge in [0.15, 0.2) is 5.82 Å². The third-order valence-electron chi connectivity index (χ3n) is 5.18. The van der Waals surface area contributed by atoms with Crippen molar-refractivity contribution in [3.05, 3.63) is 83.6 Å². The lowest BCUT2D eigenvalue weighted by Gasteiger charge is -2.09. The number of amides is 1. The van der Waals surface area contributed by atoms with E-state index in [9.17, 15) is 13.2 Å². The topological polar surface area (TPSA) is 104 Å². The van der Waals surface area contributed by atoms with Crippen LogP contribution in [-0.2, 0) is 22.9 Å². The summed E-state index contributed by atoms with van der Waals surface area (Å²) < 4.78 is 28.7.